The van der Waals surface area contributed by atoms with Crippen LogP contribution in [0.4, 0.5) is 0 Å². The quantitative estimate of drug-likeness (QED) is 0.834. The summed E-state index contributed by atoms with van der Waals surface area (Å²) in [7, 11) is -1.15. The van der Waals surface area contributed by atoms with Crippen LogP contribution in [0.15, 0.2) is 58.3 Å². The smallest absolute Gasteiger partial charge is 0.127 e. The maximum Gasteiger partial charge on any atom is 0.127 e. The topological polar surface area (TPSA) is 26.3 Å². The molecule has 1 aliphatic rings. The summed E-state index contributed by atoms with van der Waals surface area (Å²) in [5, 5.41) is 0. The Kier molecular flexibility index (Phi) is 3.22. The van der Waals surface area contributed by atoms with E-state index in [4.69, 9.17) is 4.74 Å². The minimum atomic E-state index is -1.15. The van der Waals surface area contributed by atoms with E-state index in [1.54, 1.807) is 0 Å². The molecule has 0 amide bonds. The maximum atomic E-state index is 12.5. The molecule has 2 aromatic rings. The van der Waals surface area contributed by atoms with Gasteiger partial charge in [-0.15, -0.1) is 0 Å². The molecule has 0 N–H and O–H groups in total. The molecule has 2 aromatic carbocycles. The standard InChI is InChI=1S/C16H14O2S/c1-12-6-8-14(9-7-12)19(17)15-10-13-4-2-3-5-16(13)18-11-15/h2-10H,11H2,1H3. The zero-order chi connectivity index (χ0) is 13.2. The van der Waals surface area contributed by atoms with Crippen molar-refractivity contribution in [1.29, 1.82) is 0 Å². The van der Waals surface area contributed by atoms with E-state index in [0.29, 0.717) is 6.61 Å². The molecule has 3 heteroatoms. The van der Waals surface area contributed by atoms with Crippen LogP contribution in [-0.2, 0) is 10.8 Å². The molecule has 3 rings (SSSR count). The lowest BCUT2D eigenvalue weighted by Crippen LogP contribution is -2.11. The van der Waals surface area contributed by atoms with Crippen LogP contribution in [0.5, 0.6) is 5.75 Å². The van der Waals surface area contributed by atoms with Crippen molar-refractivity contribution in [1.82, 2.24) is 0 Å². The second-order valence-electron chi connectivity index (χ2n) is 4.52. The van der Waals surface area contributed by atoms with Gasteiger partial charge in [0.25, 0.3) is 0 Å². The molecule has 19 heavy (non-hydrogen) atoms. The fourth-order valence-electron chi connectivity index (χ4n) is 2.02. The van der Waals surface area contributed by atoms with Crippen molar-refractivity contribution in [3.63, 3.8) is 0 Å². The lowest BCUT2D eigenvalue weighted by molar-refractivity contribution is 0.354. The third-order valence-corrected chi connectivity index (χ3v) is 4.49. The van der Waals surface area contributed by atoms with Gasteiger partial charge in [0.1, 0.15) is 12.4 Å². The highest BCUT2D eigenvalue weighted by atomic mass is 32.2. The molecule has 1 aliphatic heterocycles. The van der Waals surface area contributed by atoms with Crippen molar-refractivity contribution in [3.8, 4) is 5.75 Å². The van der Waals surface area contributed by atoms with Crippen LogP contribution in [-0.4, -0.2) is 10.8 Å². The van der Waals surface area contributed by atoms with Gasteiger partial charge in [-0.25, -0.2) is 4.21 Å². The number of hydrogen-bond donors (Lipinski definition) is 0. The largest absolute Gasteiger partial charge is 0.488 e. The predicted molar refractivity (Wildman–Crippen MR) is 77.5 cm³/mol. The Hall–Kier alpha value is -1.87. The Morgan fingerprint density at radius 1 is 1.05 bits per heavy atom. The molecular weight excluding hydrogens is 256 g/mol. The first-order chi connectivity index (χ1) is 9.24. The van der Waals surface area contributed by atoms with E-state index < -0.39 is 10.8 Å². The van der Waals surface area contributed by atoms with Gasteiger partial charge in [0.15, 0.2) is 0 Å². The van der Waals surface area contributed by atoms with Crippen LogP contribution in [0.1, 0.15) is 11.1 Å². The zero-order valence-electron chi connectivity index (χ0n) is 10.6. The van der Waals surface area contributed by atoms with Crippen molar-refractivity contribution in [3.05, 3.63) is 64.6 Å². The summed E-state index contributed by atoms with van der Waals surface area (Å²) in [4.78, 5) is 1.63. The molecule has 0 fully saturated rings. The van der Waals surface area contributed by atoms with E-state index in [1.807, 2.05) is 61.5 Å². The Balaban J connectivity index is 1.93. The van der Waals surface area contributed by atoms with E-state index in [9.17, 15) is 4.21 Å². The fourth-order valence-corrected chi connectivity index (χ4v) is 3.10. The first-order valence-corrected chi connectivity index (χ1v) is 7.30. The molecule has 2 nitrogen and oxygen atoms in total. The molecule has 0 saturated heterocycles. The van der Waals surface area contributed by atoms with Crippen LogP contribution in [0.25, 0.3) is 6.08 Å². The van der Waals surface area contributed by atoms with Crippen LogP contribution < -0.4 is 4.74 Å². The number of rotatable bonds is 2. The highest BCUT2D eigenvalue weighted by Crippen LogP contribution is 2.28. The van der Waals surface area contributed by atoms with E-state index in [0.717, 1.165) is 21.1 Å². The number of aryl methyl sites for hydroxylation is 1. The normalized spacial score (nSPS) is 15.1. The van der Waals surface area contributed by atoms with Crippen LogP contribution in [0.3, 0.4) is 0 Å². The molecule has 96 valence electrons. The molecule has 1 heterocycles. The molecular formula is C16H14O2S. The Morgan fingerprint density at radius 3 is 2.58 bits per heavy atom. The lowest BCUT2D eigenvalue weighted by Gasteiger charge is -2.17. The Labute approximate surface area is 115 Å². The average molecular weight is 270 g/mol. The summed E-state index contributed by atoms with van der Waals surface area (Å²) >= 11 is 0. The Morgan fingerprint density at radius 2 is 1.79 bits per heavy atom. The third kappa shape index (κ3) is 2.47. The van der Waals surface area contributed by atoms with Gasteiger partial charge in [-0.2, -0.15) is 0 Å². The van der Waals surface area contributed by atoms with Crippen molar-refractivity contribution >= 4 is 16.9 Å². The minimum Gasteiger partial charge on any atom is -0.488 e. The predicted octanol–water partition coefficient (Wildman–Crippen LogP) is 3.54. The van der Waals surface area contributed by atoms with Crippen LogP contribution in [0, 0.1) is 6.92 Å². The molecule has 0 bridgehead atoms. The first kappa shape index (κ1) is 12.2. The van der Waals surface area contributed by atoms with Gasteiger partial charge >= 0.3 is 0 Å². The summed E-state index contributed by atoms with van der Waals surface area (Å²) in [6.07, 6.45) is 1.97. The van der Waals surface area contributed by atoms with Crippen molar-refractivity contribution in [2.75, 3.05) is 6.61 Å². The van der Waals surface area contributed by atoms with Gasteiger partial charge in [-0.3, -0.25) is 0 Å². The molecule has 0 spiro atoms. The monoisotopic (exact) mass is 270 g/mol. The second kappa shape index (κ2) is 5.02. The van der Waals surface area contributed by atoms with Gasteiger partial charge in [-0.05, 0) is 31.2 Å². The average Bonchev–Trinajstić information content (AvgIpc) is 2.47. The summed E-state index contributed by atoms with van der Waals surface area (Å²) in [6, 6.07) is 15.6. The van der Waals surface area contributed by atoms with Gasteiger partial charge in [0, 0.05) is 10.5 Å². The minimum absolute atomic E-state index is 0.386. The molecule has 0 radical (unpaired) electrons. The van der Waals surface area contributed by atoms with E-state index in [1.165, 1.54) is 5.56 Å². The van der Waals surface area contributed by atoms with E-state index >= 15 is 0 Å². The van der Waals surface area contributed by atoms with Gasteiger partial charge in [-0.1, -0.05) is 35.9 Å². The van der Waals surface area contributed by atoms with E-state index in [2.05, 4.69) is 0 Å². The fraction of sp³-hybridized carbons (Fsp3) is 0.125. The zero-order valence-corrected chi connectivity index (χ0v) is 11.4. The van der Waals surface area contributed by atoms with Crippen molar-refractivity contribution < 1.29 is 8.95 Å². The highest BCUT2D eigenvalue weighted by Gasteiger charge is 2.16. The lowest BCUT2D eigenvalue weighted by atomic mass is 10.1. The number of fused-ring (bicyclic) bond motifs is 1. The Bertz CT molecular complexity index is 657. The van der Waals surface area contributed by atoms with Crippen LogP contribution >= 0.6 is 0 Å². The summed E-state index contributed by atoms with van der Waals surface area (Å²) in [5.41, 5.74) is 2.16. The second-order valence-corrected chi connectivity index (χ2v) is 6.05. The summed E-state index contributed by atoms with van der Waals surface area (Å²) in [5.74, 6) is 0.854. The number of hydrogen-bond acceptors (Lipinski definition) is 2. The van der Waals surface area contributed by atoms with Gasteiger partial charge in [0.2, 0.25) is 0 Å². The SMILES string of the molecule is Cc1ccc(S(=O)C2=Cc3ccccc3OC2)cc1. The van der Waals surface area contributed by atoms with Crippen LogP contribution in [0.2, 0.25) is 0 Å². The van der Waals surface area contributed by atoms with Gasteiger partial charge < -0.3 is 4.74 Å². The molecule has 0 aliphatic carbocycles. The number of ether oxygens (including phenoxy) is 1. The molecule has 1 unspecified atom stereocenters. The van der Waals surface area contributed by atoms with Crippen molar-refractivity contribution in [2.45, 2.75) is 11.8 Å². The van der Waals surface area contributed by atoms with Gasteiger partial charge in [0.05, 0.1) is 15.7 Å². The number of benzene rings is 2. The molecule has 1 atom stereocenters. The highest BCUT2D eigenvalue weighted by molar-refractivity contribution is 7.89. The maximum absolute atomic E-state index is 12.5. The summed E-state index contributed by atoms with van der Waals surface area (Å²) < 4.78 is 18.1. The summed E-state index contributed by atoms with van der Waals surface area (Å²) in [6.45, 7) is 2.41. The molecule has 0 saturated carbocycles. The third-order valence-electron chi connectivity index (χ3n) is 3.08. The van der Waals surface area contributed by atoms with E-state index in [-0.39, 0.29) is 0 Å². The first-order valence-electron chi connectivity index (χ1n) is 6.15. The molecule has 0 aromatic heterocycles. The number of para-hydroxylation sites is 1. The van der Waals surface area contributed by atoms with Crippen molar-refractivity contribution in [2.24, 2.45) is 0 Å².